The highest BCUT2D eigenvalue weighted by atomic mass is 79.9. The summed E-state index contributed by atoms with van der Waals surface area (Å²) in [4.78, 5) is 7.79. The van der Waals surface area contributed by atoms with Gasteiger partial charge in [0.05, 0.1) is 16.4 Å². The number of halogens is 2. The maximum absolute atomic E-state index is 5.91. The molecule has 3 nitrogen and oxygen atoms in total. The predicted octanol–water partition coefficient (Wildman–Crippen LogP) is 3.35. The van der Waals surface area contributed by atoms with Gasteiger partial charge < -0.3 is 10.6 Å². The Morgan fingerprint density at radius 3 is 2.75 bits per heavy atom. The fourth-order valence-corrected chi connectivity index (χ4v) is 4.07. The zero-order valence-corrected chi connectivity index (χ0v) is 13.1. The van der Waals surface area contributed by atoms with Crippen LogP contribution in [0, 0.1) is 0 Å². The number of hydrogen-bond acceptors (Lipinski definition) is 4. The average molecular weight is 367 g/mol. The molecule has 0 aromatic carbocycles. The third kappa shape index (κ3) is 2.15. The van der Waals surface area contributed by atoms with E-state index in [1.165, 1.54) is 4.88 Å². The van der Waals surface area contributed by atoms with Crippen LogP contribution in [0.25, 0.3) is 0 Å². The maximum atomic E-state index is 5.91. The molecule has 1 aliphatic rings. The molecule has 2 N–H and O–H groups in total. The zero-order chi connectivity index (χ0) is 11.9. The standard InChI is InChI=1S/C10H13Br2N3S/c1-5(2)15-7(4-14-10(15)13)8-3-6(11)9(12)16-8/h3,5,7H,4H2,1-2H3,(H2,13,14). The van der Waals surface area contributed by atoms with Gasteiger partial charge in [-0.2, -0.15) is 0 Å². The lowest BCUT2D eigenvalue weighted by Crippen LogP contribution is -2.40. The van der Waals surface area contributed by atoms with E-state index in [1.807, 2.05) is 0 Å². The van der Waals surface area contributed by atoms with Gasteiger partial charge in [-0.1, -0.05) is 0 Å². The van der Waals surface area contributed by atoms with E-state index < -0.39 is 0 Å². The molecule has 1 unspecified atom stereocenters. The van der Waals surface area contributed by atoms with Gasteiger partial charge in [-0.15, -0.1) is 11.3 Å². The van der Waals surface area contributed by atoms with Crippen molar-refractivity contribution in [3.63, 3.8) is 0 Å². The topological polar surface area (TPSA) is 41.6 Å². The molecule has 1 atom stereocenters. The van der Waals surface area contributed by atoms with Crippen molar-refractivity contribution >= 4 is 49.2 Å². The minimum atomic E-state index is 0.285. The predicted molar refractivity (Wildman–Crippen MR) is 75.9 cm³/mol. The monoisotopic (exact) mass is 365 g/mol. The molecular formula is C10H13Br2N3S. The summed E-state index contributed by atoms with van der Waals surface area (Å²) in [5, 5.41) is 0. The van der Waals surface area contributed by atoms with Crippen molar-refractivity contribution in [1.82, 2.24) is 4.90 Å². The molecule has 1 aromatic rings. The molecule has 1 aromatic heterocycles. The number of nitrogens with two attached hydrogens (primary N) is 1. The van der Waals surface area contributed by atoms with E-state index in [0.717, 1.165) is 14.8 Å². The Morgan fingerprint density at radius 1 is 1.56 bits per heavy atom. The fraction of sp³-hybridized carbons (Fsp3) is 0.500. The molecule has 1 aliphatic heterocycles. The smallest absolute Gasteiger partial charge is 0.192 e. The van der Waals surface area contributed by atoms with Gasteiger partial charge >= 0.3 is 0 Å². The molecule has 0 saturated heterocycles. The van der Waals surface area contributed by atoms with Crippen LogP contribution in [0.2, 0.25) is 0 Å². The van der Waals surface area contributed by atoms with Crippen LogP contribution >= 0.6 is 43.2 Å². The average Bonchev–Trinajstić information content (AvgIpc) is 2.71. The molecule has 0 fully saturated rings. The lowest BCUT2D eigenvalue weighted by molar-refractivity contribution is 0.293. The van der Waals surface area contributed by atoms with Crippen molar-refractivity contribution in [3.8, 4) is 0 Å². The molecule has 0 bridgehead atoms. The quantitative estimate of drug-likeness (QED) is 0.871. The van der Waals surface area contributed by atoms with Crippen molar-refractivity contribution in [1.29, 1.82) is 0 Å². The highest BCUT2D eigenvalue weighted by molar-refractivity contribution is 9.13. The second kappa shape index (κ2) is 4.66. The molecule has 0 saturated carbocycles. The molecule has 0 aliphatic carbocycles. The zero-order valence-electron chi connectivity index (χ0n) is 9.08. The molecule has 2 heterocycles. The first kappa shape index (κ1) is 12.4. The largest absolute Gasteiger partial charge is 0.370 e. The van der Waals surface area contributed by atoms with E-state index in [9.17, 15) is 0 Å². The van der Waals surface area contributed by atoms with E-state index in [0.29, 0.717) is 12.0 Å². The third-order valence-electron chi connectivity index (χ3n) is 2.58. The molecule has 6 heteroatoms. The van der Waals surface area contributed by atoms with Crippen LogP contribution in [0.5, 0.6) is 0 Å². The summed E-state index contributed by atoms with van der Waals surface area (Å²) in [5.74, 6) is 0.653. The summed E-state index contributed by atoms with van der Waals surface area (Å²) >= 11 is 8.77. The van der Waals surface area contributed by atoms with Gasteiger partial charge in [0.1, 0.15) is 0 Å². The summed E-state index contributed by atoms with van der Waals surface area (Å²) in [5.41, 5.74) is 5.91. The van der Waals surface area contributed by atoms with Gasteiger partial charge in [-0.3, -0.25) is 4.99 Å². The van der Waals surface area contributed by atoms with E-state index >= 15 is 0 Å². The van der Waals surface area contributed by atoms with Crippen molar-refractivity contribution in [2.45, 2.75) is 25.9 Å². The molecule has 88 valence electrons. The van der Waals surface area contributed by atoms with Crippen molar-refractivity contribution in [3.05, 3.63) is 19.2 Å². The van der Waals surface area contributed by atoms with Crippen LogP contribution < -0.4 is 5.73 Å². The third-order valence-corrected chi connectivity index (χ3v) is 5.93. The number of hydrogen-bond donors (Lipinski definition) is 1. The lowest BCUT2D eigenvalue weighted by atomic mass is 10.2. The van der Waals surface area contributed by atoms with Crippen molar-refractivity contribution in [2.24, 2.45) is 10.7 Å². The number of thiophene rings is 1. The lowest BCUT2D eigenvalue weighted by Gasteiger charge is -2.29. The molecular weight excluding hydrogens is 354 g/mol. The second-order valence-electron chi connectivity index (χ2n) is 3.99. The first-order valence-electron chi connectivity index (χ1n) is 5.03. The highest BCUT2D eigenvalue weighted by Crippen LogP contribution is 2.39. The highest BCUT2D eigenvalue weighted by Gasteiger charge is 2.30. The van der Waals surface area contributed by atoms with Gasteiger partial charge in [-0.05, 0) is 51.8 Å². The first-order valence-corrected chi connectivity index (χ1v) is 7.44. The summed E-state index contributed by atoms with van der Waals surface area (Å²) < 4.78 is 2.22. The van der Waals surface area contributed by atoms with Crippen LogP contribution in [0.15, 0.2) is 19.3 Å². The summed E-state index contributed by atoms with van der Waals surface area (Å²) in [6.45, 7) is 5.03. The Labute approximate surface area is 116 Å². The van der Waals surface area contributed by atoms with Gasteiger partial charge in [0.15, 0.2) is 5.96 Å². The summed E-state index contributed by atoms with van der Waals surface area (Å²) in [6, 6.07) is 2.80. The second-order valence-corrected chi connectivity index (χ2v) is 7.24. The first-order chi connectivity index (χ1) is 7.50. The Hall–Kier alpha value is -0.0700. The van der Waals surface area contributed by atoms with Gasteiger partial charge in [0, 0.05) is 15.4 Å². The normalized spacial score (nSPS) is 20.7. The number of guanidine groups is 1. The van der Waals surface area contributed by atoms with Gasteiger partial charge in [-0.25, -0.2) is 0 Å². The van der Waals surface area contributed by atoms with Crippen molar-refractivity contribution < 1.29 is 0 Å². The Balaban J connectivity index is 2.29. The van der Waals surface area contributed by atoms with Crippen molar-refractivity contribution in [2.75, 3.05) is 6.54 Å². The summed E-state index contributed by atoms with van der Waals surface area (Å²) in [7, 11) is 0. The molecule has 0 spiro atoms. The van der Waals surface area contributed by atoms with E-state index in [2.05, 4.69) is 61.7 Å². The van der Waals surface area contributed by atoms with E-state index in [-0.39, 0.29) is 6.04 Å². The number of aliphatic imine (C=N–C) groups is 1. The van der Waals surface area contributed by atoms with Gasteiger partial charge in [0.2, 0.25) is 0 Å². The number of rotatable bonds is 2. The Morgan fingerprint density at radius 2 is 2.25 bits per heavy atom. The van der Waals surface area contributed by atoms with Crippen LogP contribution in [0.3, 0.4) is 0 Å². The minimum Gasteiger partial charge on any atom is -0.370 e. The van der Waals surface area contributed by atoms with E-state index in [4.69, 9.17) is 5.73 Å². The Bertz CT molecular complexity index is 408. The number of nitrogens with zero attached hydrogens (tertiary/aromatic N) is 2. The van der Waals surface area contributed by atoms with Crippen LogP contribution in [-0.2, 0) is 0 Å². The van der Waals surface area contributed by atoms with Crippen LogP contribution in [0.1, 0.15) is 24.8 Å². The minimum absolute atomic E-state index is 0.285. The van der Waals surface area contributed by atoms with E-state index in [1.54, 1.807) is 11.3 Å². The maximum Gasteiger partial charge on any atom is 0.192 e. The molecule has 16 heavy (non-hydrogen) atoms. The van der Waals surface area contributed by atoms with Gasteiger partial charge in [0.25, 0.3) is 0 Å². The SMILES string of the molecule is CC(C)N1C(N)=NCC1c1cc(Br)c(Br)s1. The Kier molecular flexibility index (Phi) is 3.61. The van der Waals surface area contributed by atoms with Crippen LogP contribution in [0.4, 0.5) is 0 Å². The molecule has 0 amide bonds. The molecule has 0 radical (unpaired) electrons. The fourth-order valence-electron chi connectivity index (χ4n) is 1.89. The summed E-state index contributed by atoms with van der Waals surface area (Å²) in [6.07, 6.45) is 0. The molecule has 2 rings (SSSR count). The van der Waals surface area contributed by atoms with Crippen LogP contribution in [-0.4, -0.2) is 23.4 Å².